The minimum absolute atomic E-state index is 0.0412. The highest BCUT2D eigenvalue weighted by molar-refractivity contribution is 6.06. The Bertz CT molecular complexity index is 740. The van der Waals surface area contributed by atoms with Crippen LogP contribution >= 0.6 is 0 Å². The normalized spacial score (nSPS) is 30.6. The summed E-state index contributed by atoms with van der Waals surface area (Å²) in [5.41, 5.74) is 0.648. The predicted molar refractivity (Wildman–Crippen MR) is 86.4 cm³/mol. The van der Waals surface area contributed by atoms with Gasteiger partial charge in [-0.15, -0.1) is 0 Å². The Hall–Kier alpha value is -2.63. The van der Waals surface area contributed by atoms with Gasteiger partial charge in [-0.25, -0.2) is 0 Å². The molecular formula is C18H18N2O4. The molecule has 1 heterocycles. The lowest BCUT2D eigenvalue weighted by Gasteiger charge is -2.13. The van der Waals surface area contributed by atoms with Crippen LogP contribution in [0.15, 0.2) is 35.5 Å². The number of hydrogen-bond acceptors (Lipinski definition) is 5. The van der Waals surface area contributed by atoms with E-state index >= 15 is 0 Å². The quantitative estimate of drug-likeness (QED) is 0.521. The summed E-state index contributed by atoms with van der Waals surface area (Å²) < 4.78 is 5.32. The first-order chi connectivity index (χ1) is 11.6. The smallest absolute Gasteiger partial charge is 0.254 e. The van der Waals surface area contributed by atoms with Gasteiger partial charge in [0.2, 0.25) is 0 Å². The molecule has 1 N–H and O–H groups in total. The molecule has 2 amide bonds. The first-order valence-electron chi connectivity index (χ1n) is 8.16. The van der Waals surface area contributed by atoms with Gasteiger partial charge in [0.05, 0.1) is 24.7 Å². The van der Waals surface area contributed by atoms with E-state index in [0.29, 0.717) is 17.9 Å². The largest absolute Gasteiger partial charge is 0.504 e. The van der Waals surface area contributed by atoms with Crippen LogP contribution in [0, 0.1) is 23.7 Å². The summed E-state index contributed by atoms with van der Waals surface area (Å²) in [5.74, 6) is -0.167. The number of carbonyl (C=O) groups excluding carboxylic acids is 2. The van der Waals surface area contributed by atoms with Crippen LogP contribution < -0.4 is 4.74 Å². The summed E-state index contributed by atoms with van der Waals surface area (Å²) in [4.78, 5) is 25.0. The van der Waals surface area contributed by atoms with E-state index in [-0.39, 0.29) is 41.2 Å². The van der Waals surface area contributed by atoms with Gasteiger partial charge < -0.3 is 9.84 Å². The van der Waals surface area contributed by atoms with E-state index < -0.39 is 0 Å². The lowest BCUT2D eigenvalue weighted by Crippen LogP contribution is -2.28. The molecule has 2 fully saturated rings. The molecule has 2 bridgehead atoms. The predicted octanol–water partition coefficient (Wildman–Crippen LogP) is 1.93. The van der Waals surface area contributed by atoms with Crippen LogP contribution in [-0.4, -0.2) is 34.8 Å². The van der Waals surface area contributed by atoms with E-state index in [2.05, 4.69) is 17.3 Å². The number of aromatic hydroxyl groups is 1. The number of imide groups is 1. The maximum atomic E-state index is 12.5. The van der Waals surface area contributed by atoms with E-state index in [1.807, 2.05) is 6.92 Å². The van der Waals surface area contributed by atoms with Crippen LogP contribution in [0.4, 0.5) is 0 Å². The van der Waals surface area contributed by atoms with Crippen molar-refractivity contribution in [1.82, 2.24) is 5.01 Å². The maximum Gasteiger partial charge on any atom is 0.254 e. The van der Waals surface area contributed by atoms with Crippen molar-refractivity contribution >= 4 is 18.0 Å². The van der Waals surface area contributed by atoms with E-state index in [9.17, 15) is 14.7 Å². The molecule has 2 aliphatic carbocycles. The molecule has 4 atom stereocenters. The molecule has 0 spiro atoms. The third-order valence-corrected chi connectivity index (χ3v) is 5.05. The number of phenolic OH excluding ortho intramolecular Hbond substituents is 1. The van der Waals surface area contributed by atoms with Crippen LogP contribution in [0.25, 0.3) is 0 Å². The van der Waals surface area contributed by atoms with Crippen LogP contribution in [-0.2, 0) is 9.59 Å². The molecule has 1 saturated heterocycles. The molecule has 4 rings (SSSR count). The Morgan fingerprint density at radius 3 is 2.54 bits per heavy atom. The second kappa shape index (κ2) is 5.47. The number of allylic oxidation sites excluding steroid dienone is 2. The monoisotopic (exact) mass is 326 g/mol. The van der Waals surface area contributed by atoms with Crippen molar-refractivity contribution in [3.8, 4) is 11.5 Å². The molecular weight excluding hydrogens is 308 g/mol. The van der Waals surface area contributed by atoms with E-state index in [1.165, 1.54) is 12.3 Å². The second-order valence-corrected chi connectivity index (χ2v) is 6.39. The van der Waals surface area contributed by atoms with E-state index in [4.69, 9.17) is 4.74 Å². The third-order valence-electron chi connectivity index (χ3n) is 5.05. The topological polar surface area (TPSA) is 79.2 Å². The van der Waals surface area contributed by atoms with E-state index in [1.54, 1.807) is 12.1 Å². The van der Waals surface area contributed by atoms with Gasteiger partial charge in [-0.2, -0.15) is 10.1 Å². The van der Waals surface area contributed by atoms with Crippen LogP contribution in [0.5, 0.6) is 11.5 Å². The average molecular weight is 326 g/mol. The van der Waals surface area contributed by atoms with E-state index in [0.717, 1.165) is 11.4 Å². The number of nitrogens with zero attached hydrogens (tertiary/aromatic N) is 2. The molecule has 1 aliphatic heterocycles. The molecule has 6 nitrogen and oxygen atoms in total. The molecule has 0 radical (unpaired) electrons. The number of hydrogen-bond donors (Lipinski definition) is 1. The Morgan fingerprint density at radius 1 is 1.25 bits per heavy atom. The fourth-order valence-corrected chi connectivity index (χ4v) is 4.01. The number of carbonyl (C=O) groups is 2. The number of ether oxygens (including phenoxy) is 1. The lowest BCUT2D eigenvalue weighted by molar-refractivity contribution is -0.140. The van der Waals surface area contributed by atoms with Crippen LogP contribution in [0.1, 0.15) is 18.9 Å². The van der Waals surface area contributed by atoms with Gasteiger partial charge in [0, 0.05) is 0 Å². The Labute approximate surface area is 139 Å². The molecule has 124 valence electrons. The number of fused-ring (bicyclic) bond motifs is 5. The van der Waals surface area contributed by atoms with Gasteiger partial charge in [-0.1, -0.05) is 12.2 Å². The zero-order chi connectivity index (χ0) is 16.8. The molecule has 3 aliphatic rings. The molecule has 1 saturated carbocycles. The maximum absolute atomic E-state index is 12.5. The Morgan fingerprint density at radius 2 is 1.92 bits per heavy atom. The van der Waals surface area contributed by atoms with Crippen LogP contribution in [0.2, 0.25) is 0 Å². The number of benzene rings is 1. The SMILES string of the molecule is CCOc1cc(/C=N\N2C(=O)[C@@H]3[C@H](C2=O)[C@H]2C=C[C@H]3C2)ccc1O. The van der Waals surface area contributed by atoms with Crippen molar-refractivity contribution in [1.29, 1.82) is 0 Å². The standard InChI is InChI=1S/C18H18N2O4/c1-2-24-14-7-10(3-6-13(14)21)9-19-20-17(22)15-11-4-5-12(8-11)16(15)18(20)23/h3-7,9,11-12,15-16,21H,2,8H2,1H3/b19-9-/t11-,12-,15-,16+/m0/s1. The summed E-state index contributed by atoms with van der Waals surface area (Å²) in [6.07, 6.45) is 6.46. The van der Waals surface area contributed by atoms with Crippen molar-refractivity contribution < 1.29 is 19.4 Å². The van der Waals surface area contributed by atoms with Gasteiger partial charge in [-0.3, -0.25) is 9.59 Å². The summed E-state index contributed by atoms with van der Waals surface area (Å²) in [6, 6.07) is 4.77. The minimum atomic E-state index is -0.247. The fourth-order valence-electron chi connectivity index (χ4n) is 4.01. The van der Waals surface area contributed by atoms with Crippen molar-refractivity contribution in [2.45, 2.75) is 13.3 Å². The van der Waals surface area contributed by atoms with Crippen molar-refractivity contribution in [2.75, 3.05) is 6.61 Å². The second-order valence-electron chi connectivity index (χ2n) is 6.39. The van der Waals surface area contributed by atoms with Gasteiger partial charge >= 0.3 is 0 Å². The zero-order valence-electron chi connectivity index (χ0n) is 13.3. The molecule has 6 heteroatoms. The fraction of sp³-hybridized carbons (Fsp3) is 0.389. The molecule has 0 aromatic heterocycles. The minimum Gasteiger partial charge on any atom is -0.504 e. The number of phenols is 1. The molecule has 0 unspecified atom stereocenters. The highest BCUT2D eigenvalue weighted by atomic mass is 16.5. The Kier molecular flexibility index (Phi) is 3.40. The van der Waals surface area contributed by atoms with Crippen LogP contribution in [0.3, 0.4) is 0 Å². The number of hydrazone groups is 1. The first-order valence-corrected chi connectivity index (χ1v) is 8.16. The van der Waals surface area contributed by atoms with Gasteiger partial charge in [0.25, 0.3) is 11.8 Å². The molecule has 1 aromatic carbocycles. The van der Waals surface area contributed by atoms with Crippen molar-refractivity contribution in [3.63, 3.8) is 0 Å². The molecule has 1 aromatic rings. The van der Waals surface area contributed by atoms with Crippen molar-refractivity contribution in [3.05, 3.63) is 35.9 Å². The number of rotatable bonds is 4. The van der Waals surface area contributed by atoms with Gasteiger partial charge in [0.1, 0.15) is 0 Å². The molecule has 24 heavy (non-hydrogen) atoms. The highest BCUT2D eigenvalue weighted by Gasteiger charge is 2.59. The zero-order valence-corrected chi connectivity index (χ0v) is 13.3. The summed E-state index contributed by atoms with van der Waals surface area (Å²) in [7, 11) is 0. The summed E-state index contributed by atoms with van der Waals surface area (Å²) >= 11 is 0. The van der Waals surface area contributed by atoms with Gasteiger partial charge in [0.15, 0.2) is 11.5 Å². The lowest BCUT2D eigenvalue weighted by atomic mass is 9.85. The highest BCUT2D eigenvalue weighted by Crippen LogP contribution is 2.52. The first kappa shape index (κ1) is 14.9. The Balaban J connectivity index is 1.56. The summed E-state index contributed by atoms with van der Waals surface area (Å²) in [5, 5.41) is 14.8. The van der Waals surface area contributed by atoms with Crippen molar-refractivity contribution in [2.24, 2.45) is 28.8 Å². The summed E-state index contributed by atoms with van der Waals surface area (Å²) in [6.45, 7) is 2.25. The average Bonchev–Trinajstić information content (AvgIpc) is 3.24. The van der Waals surface area contributed by atoms with Gasteiger partial charge in [-0.05, 0) is 48.9 Å². The third kappa shape index (κ3) is 2.13. The number of amides is 2.